The van der Waals surface area contributed by atoms with E-state index in [1.165, 1.54) is 17.7 Å². The molecule has 1 saturated heterocycles. The van der Waals surface area contributed by atoms with Gasteiger partial charge in [0.1, 0.15) is 0 Å². The minimum Gasteiger partial charge on any atom is -0.394 e. The summed E-state index contributed by atoms with van der Waals surface area (Å²) in [6.45, 7) is 1.24. The number of hydrogen-bond acceptors (Lipinski definition) is 4. The normalized spacial score (nSPS) is 22.6. The molecule has 1 heterocycles. The van der Waals surface area contributed by atoms with Gasteiger partial charge in [0.2, 0.25) is 11.8 Å². The summed E-state index contributed by atoms with van der Waals surface area (Å²) in [5.41, 5.74) is -0.389. The van der Waals surface area contributed by atoms with Gasteiger partial charge in [0.15, 0.2) is 0 Å². The van der Waals surface area contributed by atoms with E-state index in [1.807, 2.05) is 0 Å². The number of imide groups is 1. The maximum Gasteiger partial charge on any atom is 0.235 e. The van der Waals surface area contributed by atoms with E-state index in [9.17, 15) is 9.59 Å². The first-order valence-electron chi connectivity index (χ1n) is 7.73. The Kier molecular flexibility index (Phi) is 5.54. The minimum atomic E-state index is -0.389. The first-order chi connectivity index (χ1) is 9.69. The predicted molar refractivity (Wildman–Crippen MR) is 74.0 cm³/mol. The third-order valence-electron chi connectivity index (χ3n) is 4.46. The summed E-state index contributed by atoms with van der Waals surface area (Å²) in [5, 5.41) is 8.61. The van der Waals surface area contributed by atoms with Crippen molar-refractivity contribution in [2.24, 2.45) is 5.41 Å². The summed E-state index contributed by atoms with van der Waals surface area (Å²) in [6, 6.07) is 0. The molecule has 1 spiro atoms. The molecule has 1 N–H and O–H groups in total. The summed E-state index contributed by atoms with van der Waals surface area (Å²) < 4.78 is 5.17. The van der Waals surface area contributed by atoms with E-state index in [2.05, 4.69) is 0 Å². The second-order valence-electron chi connectivity index (χ2n) is 5.91. The molecule has 114 valence electrons. The molecule has 5 heteroatoms. The number of aliphatic hydroxyl groups is 1. The standard InChI is InChI=1S/C15H25NO4/c17-9-11-20-10-5-8-16-13(18)12-15(14(16)19)6-3-1-2-4-7-15/h17H,1-12H2. The van der Waals surface area contributed by atoms with Crippen LogP contribution in [0.25, 0.3) is 0 Å². The Bertz CT molecular complexity index is 348. The van der Waals surface area contributed by atoms with Crippen molar-refractivity contribution in [3.63, 3.8) is 0 Å². The number of carbonyl (C=O) groups is 2. The lowest BCUT2D eigenvalue weighted by Crippen LogP contribution is -2.36. The summed E-state index contributed by atoms with van der Waals surface area (Å²) >= 11 is 0. The van der Waals surface area contributed by atoms with E-state index in [0.717, 1.165) is 25.7 Å². The van der Waals surface area contributed by atoms with Crippen molar-refractivity contribution < 1.29 is 19.4 Å². The van der Waals surface area contributed by atoms with Gasteiger partial charge in [-0.3, -0.25) is 14.5 Å². The second-order valence-corrected chi connectivity index (χ2v) is 5.91. The van der Waals surface area contributed by atoms with Crippen molar-refractivity contribution >= 4 is 11.8 Å². The Morgan fingerprint density at radius 2 is 1.80 bits per heavy atom. The third-order valence-corrected chi connectivity index (χ3v) is 4.46. The number of aliphatic hydroxyl groups excluding tert-OH is 1. The highest BCUT2D eigenvalue weighted by atomic mass is 16.5. The van der Waals surface area contributed by atoms with Crippen LogP contribution in [-0.4, -0.2) is 48.2 Å². The molecule has 0 aromatic carbocycles. The van der Waals surface area contributed by atoms with E-state index in [1.54, 1.807) is 0 Å². The number of likely N-dealkylation sites (tertiary alicyclic amines) is 1. The van der Waals surface area contributed by atoms with Crippen LogP contribution in [0.15, 0.2) is 0 Å². The number of amides is 2. The summed E-state index contributed by atoms with van der Waals surface area (Å²) in [5.74, 6) is 0.0330. The van der Waals surface area contributed by atoms with Gasteiger partial charge in [-0.1, -0.05) is 25.7 Å². The van der Waals surface area contributed by atoms with E-state index < -0.39 is 0 Å². The molecule has 0 unspecified atom stereocenters. The molecule has 2 aliphatic rings. The van der Waals surface area contributed by atoms with Crippen LogP contribution in [0.4, 0.5) is 0 Å². The van der Waals surface area contributed by atoms with Crippen LogP contribution in [0.1, 0.15) is 51.4 Å². The molecule has 0 radical (unpaired) electrons. The molecule has 0 atom stereocenters. The zero-order chi connectivity index (χ0) is 14.4. The van der Waals surface area contributed by atoms with Crippen molar-refractivity contribution in [2.45, 2.75) is 51.4 Å². The zero-order valence-corrected chi connectivity index (χ0v) is 12.1. The average Bonchev–Trinajstić information content (AvgIpc) is 2.62. The largest absolute Gasteiger partial charge is 0.394 e. The molecular formula is C15H25NO4. The van der Waals surface area contributed by atoms with Gasteiger partial charge in [-0.2, -0.15) is 0 Å². The topological polar surface area (TPSA) is 66.8 Å². The Morgan fingerprint density at radius 1 is 1.10 bits per heavy atom. The van der Waals surface area contributed by atoms with Crippen LogP contribution < -0.4 is 0 Å². The summed E-state index contributed by atoms with van der Waals surface area (Å²) in [6.07, 6.45) is 7.27. The lowest BCUT2D eigenvalue weighted by atomic mass is 9.79. The summed E-state index contributed by atoms with van der Waals surface area (Å²) in [7, 11) is 0. The van der Waals surface area contributed by atoms with Crippen molar-refractivity contribution in [3.05, 3.63) is 0 Å². The van der Waals surface area contributed by atoms with Crippen LogP contribution in [0.3, 0.4) is 0 Å². The lowest BCUT2D eigenvalue weighted by Gasteiger charge is -2.25. The van der Waals surface area contributed by atoms with Gasteiger partial charge in [-0.25, -0.2) is 0 Å². The average molecular weight is 283 g/mol. The van der Waals surface area contributed by atoms with Crippen molar-refractivity contribution in [1.82, 2.24) is 4.90 Å². The van der Waals surface area contributed by atoms with Gasteiger partial charge in [-0.05, 0) is 19.3 Å². The first kappa shape index (κ1) is 15.4. The van der Waals surface area contributed by atoms with Gasteiger partial charge in [0, 0.05) is 19.6 Å². The predicted octanol–water partition coefficient (Wildman–Crippen LogP) is 1.48. The van der Waals surface area contributed by atoms with Gasteiger partial charge >= 0.3 is 0 Å². The molecule has 1 aliphatic carbocycles. The fourth-order valence-corrected chi connectivity index (χ4v) is 3.37. The van der Waals surface area contributed by atoms with Crippen molar-refractivity contribution in [1.29, 1.82) is 0 Å². The minimum absolute atomic E-state index is 0.00465. The molecule has 0 aromatic rings. The number of ether oxygens (including phenoxy) is 1. The van der Waals surface area contributed by atoms with E-state index in [0.29, 0.717) is 32.6 Å². The number of hydrogen-bond donors (Lipinski definition) is 1. The van der Waals surface area contributed by atoms with E-state index >= 15 is 0 Å². The second kappa shape index (κ2) is 7.18. The summed E-state index contributed by atoms with van der Waals surface area (Å²) in [4.78, 5) is 26.1. The van der Waals surface area contributed by atoms with Gasteiger partial charge in [-0.15, -0.1) is 0 Å². The quantitative estimate of drug-likeness (QED) is 0.592. The zero-order valence-electron chi connectivity index (χ0n) is 12.1. The van der Waals surface area contributed by atoms with Crippen molar-refractivity contribution in [2.75, 3.05) is 26.4 Å². The molecule has 20 heavy (non-hydrogen) atoms. The highest BCUT2D eigenvalue weighted by Gasteiger charge is 2.50. The van der Waals surface area contributed by atoms with Crippen LogP contribution in [0.2, 0.25) is 0 Å². The molecule has 0 bridgehead atoms. The van der Waals surface area contributed by atoms with Crippen LogP contribution in [0, 0.1) is 5.41 Å². The van der Waals surface area contributed by atoms with E-state index in [4.69, 9.17) is 9.84 Å². The molecule has 1 saturated carbocycles. The Hall–Kier alpha value is -0.940. The SMILES string of the molecule is O=C1CC2(CCCCCC2)C(=O)N1CCCOCCO. The van der Waals surface area contributed by atoms with Crippen LogP contribution in [0.5, 0.6) is 0 Å². The number of carbonyl (C=O) groups excluding carboxylic acids is 2. The monoisotopic (exact) mass is 283 g/mol. The first-order valence-corrected chi connectivity index (χ1v) is 7.73. The van der Waals surface area contributed by atoms with Crippen LogP contribution in [-0.2, 0) is 14.3 Å². The third kappa shape index (κ3) is 3.38. The molecule has 2 rings (SSSR count). The number of rotatable bonds is 6. The lowest BCUT2D eigenvalue weighted by molar-refractivity contribution is -0.142. The fraction of sp³-hybridized carbons (Fsp3) is 0.867. The molecule has 5 nitrogen and oxygen atoms in total. The fourth-order valence-electron chi connectivity index (χ4n) is 3.37. The van der Waals surface area contributed by atoms with Gasteiger partial charge in [0.25, 0.3) is 0 Å². The number of nitrogens with zero attached hydrogens (tertiary/aromatic N) is 1. The molecule has 2 amide bonds. The smallest absolute Gasteiger partial charge is 0.235 e. The highest BCUT2D eigenvalue weighted by molar-refractivity contribution is 6.05. The molecule has 0 aromatic heterocycles. The molecule has 2 fully saturated rings. The van der Waals surface area contributed by atoms with Crippen LogP contribution >= 0.6 is 0 Å². The van der Waals surface area contributed by atoms with Gasteiger partial charge < -0.3 is 9.84 Å². The molecule has 1 aliphatic heterocycles. The maximum absolute atomic E-state index is 12.6. The Morgan fingerprint density at radius 3 is 2.45 bits per heavy atom. The maximum atomic E-state index is 12.6. The van der Waals surface area contributed by atoms with Gasteiger partial charge in [0.05, 0.1) is 18.6 Å². The Labute approximate surface area is 120 Å². The highest BCUT2D eigenvalue weighted by Crippen LogP contribution is 2.44. The molecular weight excluding hydrogens is 258 g/mol. The Balaban J connectivity index is 1.87. The van der Waals surface area contributed by atoms with E-state index in [-0.39, 0.29) is 23.8 Å². The van der Waals surface area contributed by atoms with Crippen molar-refractivity contribution in [3.8, 4) is 0 Å².